The minimum atomic E-state index is -0.433. The zero-order chi connectivity index (χ0) is 18.7. The van der Waals surface area contributed by atoms with Crippen molar-refractivity contribution in [1.29, 1.82) is 0 Å². The van der Waals surface area contributed by atoms with Crippen LogP contribution in [0.25, 0.3) is 0 Å². The third-order valence-corrected chi connectivity index (χ3v) is 5.14. The molecule has 2 amide bonds. The quantitative estimate of drug-likeness (QED) is 0.886. The molecule has 0 spiro atoms. The Kier molecular flexibility index (Phi) is 5.88. The molecule has 7 heteroatoms. The molecule has 2 heterocycles. The van der Waals surface area contributed by atoms with Crippen LogP contribution in [0, 0.1) is 12.7 Å². The van der Waals surface area contributed by atoms with Crippen molar-refractivity contribution in [2.24, 2.45) is 0 Å². The molecule has 2 saturated heterocycles. The second-order valence-electron chi connectivity index (χ2n) is 7.01. The van der Waals surface area contributed by atoms with Crippen LogP contribution >= 0.6 is 0 Å². The highest BCUT2D eigenvalue weighted by molar-refractivity contribution is 5.94. The number of amides is 2. The second kappa shape index (κ2) is 8.14. The van der Waals surface area contributed by atoms with Gasteiger partial charge < -0.3 is 15.0 Å². The molecule has 0 bridgehead atoms. The van der Waals surface area contributed by atoms with Crippen LogP contribution in [-0.4, -0.2) is 66.5 Å². The Morgan fingerprint density at radius 1 is 1.27 bits per heavy atom. The van der Waals surface area contributed by atoms with Crippen molar-refractivity contribution in [3.63, 3.8) is 0 Å². The zero-order valence-electron chi connectivity index (χ0n) is 15.3. The molecule has 1 N–H and O–H groups in total. The number of carbonyl (C=O) groups excluding carboxylic acids is 2. The van der Waals surface area contributed by atoms with Gasteiger partial charge in [-0.05, 0) is 44.4 Å². The fourth-order valence-electron chi connectivity index (χ4n) is 3.43. The molecular formula is C19H26FN3O3. The Bertz CT molecular complexity index is 668. The second-order valence-corrected chi connectivity index (χ2v) is 7.01. The van der Waals surface area contributed by atoms with Crippen molar-refractivity contribution in [3.05, 3.63) is 29.6 Å². The maximum Gasteiger partial charge on any atom is 0.251 e. The third-order valence-electron chi connectivity index (χ3n) is 5.14. The lowest BCUT2D eigenvalue weighted by Gasteiger charge is -2.38. The van der Waals surface area contributed by atoms with E-state index in [0.29, 0.717) is 32.8 Å². The normalized spacial score (nSPS) is 22.3. The Morgan fingerprint density at radius 3 is 2.62 bits per heavy atom. The highest BCUT2D eigenvalue weighted by Gasteiger charge is 2.32. The van der Waals surface area contributed by atoms with Crippen LogP contribution in [0.2, 0.25) is 0 Å². The van der Waals surface area contributed by atoms with Gasteiger partial charge in [0.2, 0.25) is 5.91 Å². The van der Waals surface area contributed by atoms with E-state index in [1.807, 2.05) is 9.80 Å². The van der Waals surface area contributed by atoms with Gasteiger partial charge in [-0.3, -0.25) is 14.5 Å². The first kappa shape index (κ1) is 18.8. The van der Waals surface area contributed by atoms with Gasteiger partial charge >= 0.3 is 0 Å². The predicted octanol–water partition coefficient (Wildman–Crippen LogP) is 1.78. The number of hydrogen-bond donors (Lipinski definition) is 1. The summed E-state index contributed by atoms with van der Waals surface area (Å²) in [6.45, 7) is 6.65. The van der Waals surface area contributed by atoms with Crippen LogP contribution in [-0.2, 0) is 14.3 Å². The molecule has 0 radical (unpaired) electrons. The highest BCUT2D eigenvalue weighted by atomic mass is 19.1. The van der Waals surface area contributed by atoms with Gasteiger partial charge in [0.1, 0.15) is 11.9 Å². The van der Waals surface area contributed by atoms with Gasteiger partial charge in [0.15, 0.2) is 0 Å². The molecule has 2 unspecified atom stereocenters. The molecule has 2 fully saturated rings. The lowest BCUT2D eigenvalue weighted by molar-refractivity contribution is -0.143. The SMILES string of the molecule is Cc1ccc(NC(=O)C(C)N2CCN(C(=O)C3CCCO3)CC2)c(F)c1. The summed E-state index contributed by atoms with van der Waals surface area (Å²) in [5.41, 5.74) is 1.00. The van der Waals surface area contributed by atoms with Crippen molar-refractivity contribution >= 4 is 17.5 Å². The summed E-state index contributed by atoms with van der Waals surface area (Å²) in [6, 6.07) is 4.35. The van der Waals surface area contributed by atoms with Gasteiger partial charge in [-0.1, -0.05) is 6.07 Å². The van der Waals surface area contributed by atoms with Crippen LogP contribution in [0.3, 0.4) is 0 Å². The Morgan fingerprint density at radius 2 is 2.00 bits per heavy atom. The number of rotatable bonds is 4. The fourth-order valence-corrected chi connectivity index (χ4v) is 3.43. The number of carbonyl (C=O) groups is 2. The number of ether oxygens (including phenoxy) is 1. The first-order chi connectivity index (χ1) is 12.5. The topological polar surface area (TPSA) is 61.9 Å². The summed E-state index contributed by atoms with van der Waals surface area (Å²) in [5.74, 6) is -0.620. The van der Waals surface area contributed by atoms with Gasteiger partial charge in [0, 0.05) is 32.8 Å². The van der Waals surface area contributed by atoms with E-state index >= 15 is 0 Å². The largest absolute Gasteiger partial charge is 0.368 e. The van der Waals surface area contributed by atoms with Gasteiger partial charge in [-0.15, -0.1) is 0 Å². The van der Waals surface area contributed by atoms with Gasteiger partial charge in [-0.2, -0.15) is 0 Å². The monoisotopic (exact) mass is 363 g/mol. The summed E-state index contributed by atoms with van der Waals surface area (Å²) in [5, 5.41) is 2.66. The molecule has 1 aromatic rings. The molecule has 1 aromatic carbocycles. The Labute approximate surface area is 153 Å². The number of halogens is 1. The first-order valence-corrected chi connectivity index (χ1v) is 9.17. The van der Waals surface area contributed by atoms with Crippen molar-refractivity contribution in [2.75, 3.05) is 38.1 Å². The van der Waals surface area contributed by atoms with Crippen LogP contribution in [0.1, 0.15) is 25.3 Å². The van der Waals surface area contributed by atoms with Gasteiger partial charge in [0.05, 0.1) is 11.7 Å². The minimum Gasteiger partial charge on any atom is -0.368 e. The maximum absolute atomic E-state index is 13.9. The molecular weight excluding hydrogens is 337 g/mol. The van der Waals surface area contributed by atoms with Crippen LogP contribution in [0.4, 0.5) is 10.1 Å². The molecule has 3 rings (SSSR count). The van der Waals surface area contributed by atoms with Crippen molar-refractivity contribution in [3.8, 4) is 0 Å². The molecule has 26 heavy (non-hydrogen) atoms. The van der Waals surface area contributed by atoms with Crippen molar-refractivity contribution in [1.82, 2.24) is 9.80 Å². The summed E-state index contributed by atoms with van der Waals surface area (Å²) in [4.78, 5) is 28.7. The number of aryl methyl sites for hydroxylation is 1. The first-order valence-electron chi connectivity index (χ1n) is 9.17. The van der Waals surface area contributed by atoms with Gasteiger partial charge in [0.25, 0.3) is 5.91 Å². The number of benzene rings is 1. The number of nitrogens with zero attached hydrogens (tertiary/aromatic N) is 2. The lowest BCUT2D eigenvalue weighted by atomic mass is 10.1. The molecule has 2 aliphatic heterocycles. The van der Waals surface area contributed by atoms with E-state index in [4.69, 9.17) is 4.74 Å². The summed E-state index contributed by atoms with van der Waals surface area (Å²) >= 11 is 0. The van der Waals surface area contributed by atoms with Gasteiger partial charge in [-0.25, -0.2) is 4.39 Å². The van der Waals surface area contributed by atoms with E-state index < -0.39 is 11.9 Å². The van der Waals surface area contributed by atoms with E-state index in [0.717, 1.165) is 18.4 Å². The summed E-state index contributed by atoms with van der Waals surface area (Å²) in [7, 11) is 0. The molecule has 142 valence electrons. The van der Waals surface area contributed by atoms with Crippen molar-refractivity contribution in [2.45, 2.75) is 38.8 Å². The summed E-state index contributed by atoms with van der Waals surface area (Å²) < 4.78 is 19.4. The molecule has 0 aliphatic carbocycles. The zero-order valence-corrected chi connectivity index (χ0v) is 15.3. The Balaban J connectivity index is 1.51. The molecule has 0 aromatic heterocycles. The van der Waals surface area contributed by atoms with E-state index in [2.05, 4.69) is 5.32 Å². The number of anilines is 1. The number of nitrogens with one attached hydrogen (secondary N) is 1. The number of hydrogen-bond acceptors (Lipinski definition) is 4. The average Bonchev–Trinajstić information content (AvgIpc) is 3.17. The smallest absolute Gasteiger partial charge is 0.251 e. The third kappa shape index (κ3) is 4.22. The lowest BCUT2D eigenvalue weighted by Crippen LogP contribution is -2.55. The van der Waals surface area contributed by atoms with E-state index in [1.165, 1.54) is 6.07 Å². The maximum atomic E-state index is 13.9. The Hall–Kier alpha value is -1.99. The standard InChI is InChI=1S/C19H26FN3O3/c1-13-5-6-16(15(20)12-13)21-18(24)14(2)22-7-9-23(10-8-22)19(25)17-4-3-11-26-17/h5-6,12,14,17H,3-4,7-11H2,1-2H3,(H,21,24). The minimum absolute atomic E-state index is 0.0565. The highest BCUT2D eigenvalue weighted by Crippen LogP contribution is 2.18. The molecule has 6 nitrogen and oxygen atoms in total. The summed E-state index contributed by atoms with van der Waals surface area (Å²) in [6.07, 6.45) is 1.43. The van der Waals surface area contributed by atoms with E-state index in [9.17, 15) is 14.0 Å². The van der Waals surface area contributed by atoms with Crippen LogP contribution < -0.4 is 5.32 Å². The van der Waals surface area contributed by atoms with Crippen LogP contribution in [0.15, 0.2) is 18.2 Å². The molecule has 0 saturated carbocycles. The van der Waals surface area contributed by atoms with E-state index in [1.54, 1.807) is 26.0 Å². The average molecular weight is 363 g/mol. The van der Waals surface area contributed by atoms with Crippen molar-refractivity contribution < 1.29 is 18.7 Å². The molecule has 2 aliphatic rings. The number of piperazine rings is 1. The fraction of sp³-hybridized carbons (Fsp3) is 0.579. The van der Waals surface area contributed by atoms with Crippen LogP contribution in [0.5, 0.6) is 0 Å². The predicted molar refractivity (Wildman–Crippen MR) is 96.4 cm³/mol. The molecule has 2 atom stereocenters. The van der Waals surface area contributed by atoms with E-state index in [-0.39, 0.29) is 23.6 Å².